The van der Waals surface area contributed by atoms with Gasteiger partial charge >= 0.3 is 0 Å². The Morgan fingerprint density at radius 2 is 1.97 bits per heavy atom. The SMILES string of the molecule is CCc1nc(Nc2ncc(-c3ccc(Cl)c([N+](=O)[O-])c3)c(=O)[nH]2)nc(N2CCN(C)CC2)n1. The van der Waals surface area contributed by atoms with E-state index in [1.165, 1.54) is 24.4 Å². The van der Waals surface area contributed by atoms with E-state index in [4.69, 9.17) is 11.6 Å². The minimum absolute atomic E-state index is 0.0101. The van der Waals surface area contributed by atoms with E-state index in [-0.39, 0.29) is 28.2 Å². The Balaban J connectivity index is 1.59. The Hall–Kier alpha value is -3.64. The first kappa shape index (κ1) is 22.6. The molecule has 4 rings (SSSR count). The first-order valence-corrected chi connectivity index (χ1v) is 10.7. The van der Waals surface area contributed by atoms with Gasteiger partial charge in [-0.15, -0.1) is 0 Å². The van der Waals surface area contributed by atoms with Gasteiger partial charge in [-0.3, -0.25) is 25.2 Å². The van der Waals surface area contributed by atoms with Crippen molar-refractivity contribution in [3.8, 4) is 11.1 Å². The highest BCUT2D eigenvalue weighted by molar-refractivity contribution is 6.32. The number of hydrogen-bond donors (Lipinski definition) is 2. The predicted octanol–water partition coefficient (Wildman–Crippen LogP) is 2.24. The zero-order chi connectivity index (χ0) is 23.5. The number of anilines is 3. The molecule has 1 aromatic carbocycles. The summed E-state index contributed by atoms with van der Waals surface area (Å²) in [5, 5.41) is 14.1. The number of nitrogens with zero attached hydrogens (tertiary/aromatic N) is 7. The largest absolute Gasteiger partial charge is 0.338 e. The lowest BCUT2D eigenvalue weighted by Crippen LogP contribution is -2.45. The van der Waals surface area contributed by atoms with E-state index in [0.29, 0.717) is 23.8 Å². The molecule has 3 heterocycles. The zero-order valence-electron chi connectivity index (χ0n) is 18.1. The highest BCUT2D eigenvalue weighted by atomic mass is 35.5. The van der Waals surface area contributed by atoms with Crippen LogP contribution in [0.15, 0.2) is 29.2 Å². The summed E-state index contributed by atoms with van der Waals surface area (Å²) in [4.78, 5) is 47.8. The number of rotatable bonds is 6. The number of aromatic amines is 1. The van der Waals surface area contributed by atoms with E-state index in [2.05, 4.69) is 47.1 Å². The standard InChI is InChI=1S/C20H22ClN9O3/c1-3-16-23-19(27-20(24-16)29-8-6-28(2)7-9-29)26-18-22-11-13(17(31)25-18)12-4-5-14(21)15(10-12)30(32)33/h4-5,10-11H,3,6-9H2,1-2H3,(H2,22,23,24,25,26,27,31). The lowest BCUT2D eigenvalue weighted by molar-refractivity contribution is -0.384. The molecule has 13 heteroatoms. The normalized spacial score (nSPS) is 14.3. The third-order valence-electron chi connectivity index (χ3n) is 5.26. The average molecular weight is 472 g/mol. The Kier molecular flexibility index (Phi) is 6.47. The van der Waals surface area contributed by atoms with Gasteiger partial charge in [0.05, 0.1) is 10.5 Å². The molecular formula is C20H22ClN9O3. The van der Waals surface area contributed by atoms with Gasteiger partial charge in [0, 0.05) is 44.9 Å². The van der Waals surface area contributed by atoms with Gasteiger partial charge in [-0.25, -0.2) is 4.98 Å². The maximum absolute atomic E-state index is 12.7. The van der Waals surface area contributed by atoms with Gasteiger partial charge < -0.3 is 9.80 Å². The summed E-state index contributed by atoms with van der Waals surface area (Å²) in [6.07, 6.45) is 1.95. The molecule has 0 bridgehead atoms. The van der Waals surface area contributed by atoms with Crippen LogP contribution in [0.4, 0.5) is 23.5 Å². The number of nitro benzene ring substituents is 1. The van der Waals surface area contributed by atoms with Gasteiger partial charge in [-0.1, -0.05) is 24.6 Å². The van der Waals surface area contributed by atoms with Gasteiger partial charge in [0.15, 0.2) is 0 Å². The van der Waals surface area contributed by atoms with E-state index in [1.807, 2.05) is 6.92 Å². The second kappa shape index (κ2) is 9.46. The summed E-state index contributed by atoms with van der Waals surface area (Å²) < 4.78 is 0. The number of aryl methyl sites for hydroxylation is 1. The maximum atomic E-state index is 12.7. The van der Waals surface area contributed by atoms with Crippen LogP contribution in [0.25, 0.3) is 11.1 Å². The molecule has 1 saturated heterocycles. The van der Waals surface area contributed by atoms with Gasteiger partial charge in [0.1, 0.15) is 10.8 Å². The Labute approximate surface area is 193 Å². The first-order chi connectivity index (χ1) is 15.8. The molecule has 2 N–H and O–H groups in total. The fourth-order valence-electron chi connectivity index (χ4n) is 3.36. The number of H-pyrrole nitrogens is 1. The van der Waals surface area contributed by atoms with Crippen molar-refractivity contribution in [2.45, 2.75) is 13.3 Å². The number of nitro groups is 1. The summed E-state index contributed by atoms with van der Waals surface area (Å²) >= 11 is 5.86. The second-order valence-electron chi connectivity index (χ2n) is 7.54. The number of likely N-dealkylation sites (N-methyl/N-ethyl adjacent to an activating group) is 1. The molecule has 0 spiro atoms. The third kappa shape index (κ3) is 5.07. The first-order valence-electron chi connectivity index (χ1n) is 10.3. The highest BCUT2D eigenvalue weighted by Gasteiger charge is 2.19. The number of aromatic nitrogens is 5. The fourth-order valence-corrected chi connectivity index (χ4v) is 3.55. The molecule has 33 heavy (non-hydrogen) atoms. The minimum atomic E-state index is -0.604. The minimum Gasteiger partial charge on any atom is -0.338 e. The number of halogens is 1. The summed E-state index contributed by atoms with van der Waals surface area (Å²) in [7, 11) is 2.07. The molecule has 12 nitrogen and oxygen atoms in total. The third-order valence-corrected chi connectivity index (χ3v) is 5.58. The van der Waals surface area contributed by atoms with Crippen molar-refractivity contribution in [3.05, 3.63) is 55.7 Å². The summed E-state index contributed by atoms with van der Waals surface area (Å²) in [6.45, 7) is 5.39. The van der Waals surface area contributed by atoms with E-state index in [1.54, 1.807) is 0 Å². The van der Waals surface area contributed by atoms with Crippen molar-refractivity contribution in [1.29, 1.82) is 0 Å². The van der Waals surface area contributed by atoms with Crippen molar-refractivity contribution in [3.63, 3.8) is 0 Å². The van der Waals surface area contributed by atoms with Crippen LogP contribution < -0.4 is 15.8 Å². The van der Waals surface area contributed by atoms with Gasteiger partial charge in [-0.2, -0.15) is 15.0 Å². The topological polar surface area (TPSA) is 146 Å². The van der Waals surface area contributed by atoms with Crippen LogP contribution in [0.2, 0.25) is 5.02 Å². The second-order valence-corrected chi connectivity index (χ2v) is 7.95. The Morgan fingerprint density at radius 1 is 1.21 bits per heavy atom. The summed E-state index contributed by atoms with van der Waals surface area (Å²) in [5.74, 6) is 1.61. The molecule has 0 saturated carbocycles. The number of benzene rings is 1. The van der Waals surface area contributed by atoms with E-state index < -0.39 is 10.5 Å². The molecule has 0 radical (unpaired) electrons. The van der Waals surface area contributed by atoms with Crippen molar-refractivity contribution < 1.29 is 4.92 Å². The van der Waals surface area contributed by atoms with Crippen LogP contribution in [-0.2, 0) is 6.42 Å². The lowest BCUT2D eigenvalue weighted by Gasteiger charge is -2.32. The molecular weight excluding hydrogens is 450 g/mol. The van der Waals surface area contributed by atoms with Gasteiger partial charge in [0.2, 0.25) is 17.8 Å². The van der Waals surface area contributed by atoms with Gasteiger partial charge in [-0.05, 0) is 18.7 Å². The Morgan fingerprint density at radius 3 is 2.64 bits per heavy atom. The molecule has 1 aliphatic heterocycles. The van der Waals surface area contributed by atoms with Crippen LogP contribution in [-0.4, -0.2) is 68.0 Å². The predicted molar refractivity (Wildman–Crippen MR) is 124 cm³/mol. The number of hydrogen-bond acceptors (Lipinski definition) is 10. The van der Waals surface area contributed by atoms with Crippen LogP contribution >= 0.6 is 11.6 Å². The molecule has 0 atom stereocenters. The average Bonchev–Trinajstić information content (AvgIpc) is 2.80. The molecule has 172 valence electrons. The van der Waals surface area contributed by atoms with Crippen molar-refractivity contribution in [2.75, 3.05) is 43.4 Å². The van der Waals surface area contributed by atoms with Crippen LogP contribution in [0.1, 0.15) is 12.7 Å². The Bertz CT molecular complexity index is 1240. The monoisotopic (exact) mass is 471 g/mol. The number of piperazine rings is 1. The molecule has 2 aromatic heterocycles. The van der Waals surface area contributed by atoms with Crippen molar-refractivity contribution in [2.24, 2.45) is 0 Å². The van der Waals surface area contributed by atoms with Crippen LogP contribution in [0.5, 0.6) is 0 Å². The number of nitrogens with one attached hydrogen (secondary N) is 2. The summed E-state index contributed by atoms with van der Waals surface area (Å²) in [6, 6.07) is 4.14. The maximum Gasteiger partial charge on any atom is 0.288 e. The van der Waals surface area contributed by atoms with E-state index in [0.717, 1.165) is 26.2 Å². The molecule has 0 unspecified atom stereocenters. The molecule has 3 aromatic rings. The molecule has 0 aliphatic carbocycles. The van der Waals surface area contributed by atoms with Crippen LogP contribution in [0, 0.1) is 10.1 Å². The van der Waals surface area contributed by atoms with Crippen molar-refractivity contribution >= 4 is 35.1 Å². The molecule has 1 fully saturated rings. The smallest absolute Gasteiger partial charge is 0.288 e. The van der Waals surface area contributed by atoms with E-state index in [9.17, 15) is 14.9 Å². The quantitative estimate of drug-likeness (QED) is 0.405. The van der Waals surface area contributed by atoms with Gasteiger partial charge in [0.25, 0.3) is 11.2 Å². The van der Waals surface area contributed by atoms with Crippen LogP contribution in [0.3, 0.4) is 0 Å². The fraction of sp³-hybridized carbons (Fsp3) is 0.350. The molecule has 1 aliphatic rings. The zero-order valence-corrected chi connectivity index (χ0v) is 18.8. The lowest BCUT2D eigenvalue weighted by atomic mass is 10.1. The van der Waals surface area contributed by atoms with Crippen molar-refractivity contribution in [1.82, 2.24) is 29.8 Å². The molecule has 0 amide bonds. The van der Waals surface area contributed by atoms with E-state index >= 15 is 0 Å². The highest BCUT2D eigenvalue weighted by Crippen LogP contribution is 2.29. The summed E-state index contributed by atoms with van der Waals surface area (Å²) in [5.41, 5.74) is -0.266.